The molecule has 8 nitrogen and oxygen atoms in total. The van der Waals surface area contributed by atoms with E-state index in [-0.39, 0.29) is 56.1 Å². The first-order valence-corrected chi connectivity index (χ1v) is 12.0. The van der Waals surface area contributed by atoms with Gasteiger partial charge in [0.1, 0.15) is 44.4 Å². The van der Waals surface area contributed by atoms with Gasteiger partial charge in [-0.3, -0.25) is 4.79 Å². The number of benzene rings is 2. The van der Waals surface area contributed by atoms with Crippen LogP contribution < -0.4 is 9.47 Å². The first-order chi connectivity index (χ1) is 16.3. The molecule has 3 unspecified atom stereocenters. The molecular weight excluding hydrogens is 527 g/mol. The van der Waals surface area contributed by atoms with E-state index in [2.05, 4.69) is 15.9 Å². The fourth-order valence-corrected chi connectivity index (χ4v) is 5.19. The number of fused-ring (bicyclic) bond motifs is 2. The van der Waals surface area contributed by atoms with Crippen molar-refractivity contribution in [1.82, 2.24) is 0 Å². The Kier molecular flexibility index (Phi) is 6.15. The maximum absolute atomic E-state index is 14.5. The van der Waals surface area contributed by atoms with Crippen molar-refractivity contribution in [3.8, 4) is 34.5 Å². The maximum atomic E-state index is 14.5. The van der Waals surface area contributed by atoms with Crippen LogP contribution in [0.5, 0.6) is 34.5 Å². The van der Waals surface area contributed by atoms with Crippen molar-refractivity contribution >= 4 is 27.7 Å². The third-order valence-electron chi connectivity index (χ3n) is 7.10. The van der Waals surface area contributed by atoms with Gasteiger partial charge in [-0.15, -0.1) is 0 Å². The standard InChI is InChI=1S/C25H26BrFO8/c1-5-25(4)7-6-11-20(31)16(26)21(32)13(22(11)35-25)8-12-18(29)14-9(2)17(27)24(33)34-23(14)15(10(3)28)19(12)30/h9,17,29-32H,5-8H2,1-4H3. The lowest BCUT2D eigenvalue weighted by Gasteiger charge is -2.37. The molecule has 10 heteroatoms. The molecule has 35 heavy (non-hydrogen) atoms. The Bertz CT molecular complexity index is 1270. The van der Waals surface area contributed by atoms with Crippen molar-refractivity contribution in [2.24, 2.45) is 0 Å². The van der Waals surface area contributed by atoms with E-state index in [1.54, 1.807) is 0 Å². The Morgan fingerprint density at radius 2 is 1.77 bits per heavy atom. The van der Waals surface area contributed by atoms with Gasteiger partial charge in [0, 0.05) is 34.6 Å². The van der Waals surface area contributed by atoms with Crippen LogP contribution in [-0.2, 0) is 17.6 Å². The van der Waals surface area contributed by atoms with Crippen molar-refractivity contribution in [1.29, 1.82) is 0 Å². The van der Waals surface area contributed by atoms with Crippen molar-refractivity contribution in [3.63, 3.8) is 0 Å². The van der Waals surface area contributed by atoms with Crippen LogP contribution in [0.3, 0.4) is 0 Å². The van der Waals surface area contributed by atoms with Gasteiger partial charge in [0.2, 0.25) is 6.17 Å². The van der Waals surface area contributed by atoms with E-state index in [1.165, 1.54) is 6.92 Å². The number of alkyl halides is 1. The molecule has 0 fully saturated rings. The monoisotopic (exact) mass is 552 g/mol. The molecule has 2 aromatic rings. The molecule has 188 valence electrons. The number of carbonyl (C=O) groups is 2. The van der Waals surface area contributed by atoms with Gasteiger partial charge >= 0.3 is 5.97 Å². The molecule has 0 aromatic heterocycles. The lowest BCUT2D eigenvalue weighted by Crippen LogP contribution is -2.36. The van der Waals surface area contributed by atoms with E-state index in [0.717, 1.165) is 6.92 Å². The molecule has 2 aliphatic rings. The summed E-state index contributed by atoms with van der Waals surface area (Å²) in [4.78, 5) is 24.4. The van der Waals surface area contributed by atoms with Gasteiger partial charge in [-0.25, -0.2) is 9.18 Å². The summed E-state index contributed by atoms with van der Waals surface area (Å²) in [5.74, 6) is -4.97. The smallest absolute Gasteiger partial charge is 0.346 e. The van der Waals surface area contributed by atoms with E-state index in [4.69, 9.17) is 9.47 Å². The molecule has 2 aromatic carbocycles. The summed E-state index contributed by atoms with van der Waals surface area (Å²) >= 11 is 3.19. The number of carbonyl (C=O) groups excluding carboxylic acids is 2. The number of aromatic hydroxyl groups is 4. The van der Waals surface area contributed by atoms with Crippen molar-refractivity contribution in [2.75, 3.05) is 0 Å². The van der Waals surface area contributed by atoms with E-state index >= 15 is 0 Å². The lowest BCUT2D eigenvalue weighted by atomic mass is 9.84. The van der Waals surface area contributed by atoms with Crippen LogP contribution in [0, 0.1) is 0 Å². The second-order valence-electron chi connectivity index (χ2n) is 9.34. The topological polar surface area (TPSA) is 134 Å². The van der Waals surface area contributed by atoms with Gasteiger partial charge in [-0.2, -0.15) is 0 Å². The van der Waals surface area contributed by atoms with Crippen LogP contribution in [0.25, 0.3) is 0 Å². The fourth-order valence-electron chi connectivity index (χ4n) is 4.71. The average Bonchev–Trinajstić information content (AvgIpc) is 2.80. The zero-order valence-electron chi connectivity index (χ0n) is 19.7. The third kappa shape index (κ3) is 3.78. The number of Topliss-reactive ketones (excluding diaryl/α,β-unsaturated/α-hetero) is 1. The minimum absolute atomic E-state index is 0.0183. The highest BCUT2D eigenvalue weighted by Gasteiger charge is 2.42. The van der Waals surface area contributed by atoms with Crippen LogP contribution in [0.4, 0.5) is 4.39 Å². The Balaban J connectivity index is 1.98. The molecule has 2 aliphatic heterocycles. The Morgan fingerprint density at radius 1 is 1.11 bits per heavy atom. The maximum Gasteiger partial charge on any atom is 0.346 e. The Morgan fingerprint density at radius 3 is 2.37 bits per heavy atom. The fraction of sp³-hybridized carbons (Fsp3) is 0.440. The Hall–Kier alpha value is -3.01. The first-order valence-electron chi connectivity index (χ1n) is 11.2. The highest BCUT2D eigenvalue weighted by molar-refractivity contribution is 9.10. The van der Waals surface area contributed by atoms with Gasteiger partial charge in [-0.1, -0.05) is 13.8 Å². The summed E-state index contributed by atoms with van der Waals surface area (Å²) in [6, 6.07) is 0. The van der Waals surface area contributed by atoms with E-state index in [0.29, 0.717) is 24.8 Å². The number of ketones is 1. The normalized spacial score (nSPS) is 23.2. The summed E-state index contributed by atoms with van der Waals surface area (Å²) in [5.41, 5.74) is -0.644. The van der Waals surface area contributed by atoms with Crippen LogP contribution in [0.2, 0.25) is 0 Å². The van der Waals surface area contributed by atoms with Crippen LogP contribution in [0.15, 0.2) is 4.47 Å². The van der Waals surface area contributed by atoms with E-state index in [9.17, 15) is 34.4 Å². The predicted molar refractivity (Wildman–Crippen MR) is 127 cm³/mol. The summed E-state index contributed by atoms with van der Waals surface area (Å²) in [7, 11) is 0. The second-order valence-corrected chi connectivity index (χ2v) is 10.1. The number of ether oxygens (including phenoxy) is 2. The summed E-state index contributed by atoms with van der Waals surface area (Å²) in [6.07, 6.45) is -0.688. The number of esters is 1. The molecule has 3 atom stereocenters. The highest BCUT2D eigenvalue weighted by atomic mass is 79.9. The molecule has 4 rings (SSSR count). The lowest BCUT2D eigenvalue weighted by molar-refractivity contribution is -0.142. The molecule has 0 amide bonds. The van der Waals surface area contributed by atoms with Crippen molar-refractivity contribution < 1.29 is 43.9 Å². The second kappa shape index (κ2) is 8.58. The minimum atomic E-state index is -2.08. The number of phenols is 4. The summed E-state index contributed by atoms with van der Waals surface area (Å²) in [6.45, 7) is 6.34. The molecular formula is C25H26BrFO8. The molecule has 0 saturated carbocycles. The quantitative estimate of drug-likeness (QED) is 0.238. The molecule has 0 bridgehead atoms. The molecule has 0 saturated heterocycles. The average molecular weight is 553 g/mol. The zero-order chi connectivity index (χ0) is 26.0. The van der Waals surface area contributed by atoms with Crippen molar-refractivity contribution in [3.05, 3.63) is 32.3 Å². The number of phenolic OH excluding ortho intramolecular Hbond substituents is 4. The minimum Gasteiger partial charge on any atom is -0.507 e. The molecule has 4 N–H and O–H groups in total. The van der Waals surface area contributed by atoms with Crippen LogP contribution in [-0.4, -0.2) is 44.0 Å². The van der Waals surface area contributed by atoms with Gasteiger partial charge < -0.3 is 29.9 Å². The largest absolute Gasteiger partial charge is 0.507 e. The summed E-state index contributed by atoms with van der Waals surface area (Å²) in [5, 5.41) is 43.7. The Labute approximate surface area is 209 Å². The summed E-state index contributed by atoms with van der Waals surface area (Å²) < 4.78 is 25.7. The van der Waals surface area contributed by atoms with Gasteiger partial charge in [0.15, 0.2) is 11.5 Å². The molecule has 2 heterocycles. The van der Waals surface area contributed by atoms with Gasteiger partial charge in [-0.05, 0) is 49.0 Å². The number of hydrogen-bond donors (Lipinski definition) is 4. The van der Waals surface area contributed by atoms with Crippen molar-refractivity contribution in [2.45, 2.75) is 71.1 Å². The first kappa shape index (κ1) is 25.1. The number of rotatable bonds is 4. The number of hydrogen-bond acceptors (Lipinski definition) is 8. The molecule has 0 spiro atoms. The molecule has 0 aliphatic carbocycles. The van der Waals surface area contributed by atoms with Crippen LogP contribution >= 0.6 is 15.9 Å². The van der Waals surface area contributed by atoms with E-state index < -0.39 is 40.9 Å². The van der Waals surface area contributed by atoms with Gasteiger partial charge in [0.05, 0.1) is 0 Å². The van der Waals surface area contributed by atoms with Gasteiger partial charge in [0.25, 0.3) is 0 Å². The molecule has 0 radical (unpaired) electrons. The SMILES string of the molecule is CCC1(C)CCc2c(O)c(Br)c(O)c(Cc3c(O)c(C(C)=O)c4c(c3O)C(C)C(F)C(=O)O4)c2O1. The number of halogens is 2. The van der Waals surface area contributed by atoms with Crippen LogP contribution in [0.1, 0.15) is 79.1 Å². The predicted octanol–water partition coefficient (Wildman–Crippen LogP) is 4.92. The van der Waals surface area contributed by atoms with E-state index in [1.807, 2.05) is 13.8 Å². The third-order valence-corrected chi connectivity index (χ3v) is 7.85. The zero-order valence-corrected chi connectivity index (χ0v) is 21.2. The highest BCUT2D eigenvalue weighted by Crippen LogP contribution is 2.54.